The van der Waals surface area contributed by atoms with E-state index in [0.29, 0.717) is 18.3 Å². The first-order valence-corrected chi connectivity index (χ1v) is 6.49. The highest BCUT2D eigenvalue weighted by Crippen LogP contribution is 2.33. The number of nitro benzene ring substituents is 2. The molecule has 0 saturated heterocycles. The first kappa shape index (κ1) is 16.6. The Labute approximate surface area is 133 Å². The molecule has 13 heteroatoms. The Bertz CT molecular complexity index is 830. The number of aryl methyl sites for hydroxylation is 1. The number of phenolic OH excluding ortho intramolecular Hbond substituents is 1. The first-order chi connectivity index (χ1) is 11.3. The van der Waals surface area contributed by atoms with Crippen molar-refractivity contribution in [3.05, 3.63) is 43.7 Å². The predicted molar refractivity (Wildman–Crippen MR) is 82.2 cm³/mol. The van der Waals surface area contributed by atoms with E-state index in [1.807, 2.05) is 6.92 Å². The van der Waals surface area contributed by atoms with Crippen LogP contribution in [0.25, 0.3) is 0 Å². The number of aromatic hydroxyl groups is 1. The number of nitrogen functional groups attached to an aromatic ring is 1. The van der Waals surface area contributed by atoms with Crippen LogP contribution in [0.4, 0.5) is 17.3 Å². The zero-order chi connectivity index (χ0) is 17.9. The number of rotatable bonds is 6. The van der Waals surface area contributed by atoms with Gasteiger partial charge in [-0.25, -0.2) is 10.1 Å². The number of hydrazone groups is 1. The summed E-state index contributed by atoms with van der Waals surface area (Å²) in [5.74, 6) is 5.50. The van der Waals surface area contributed by atoms with Crippen LogP contribution < -0.4 is 11.3 Å². The van der Waals surface area contributed by atoms with Crippen molar-refractivity contribution in [3.8, 4) is 5.75 Å². The normalized spacial score (nSPS) is 10.9. The molecule has 1 aromatic heterocycles. The third-order valence-electron chi connectivity index (χ3n) is 2.96. The summed E-state index contributed by atoms with van der Waals surface area (Å²) in [6.07, 6.45) is 1.50. The summed E-state index contributed by atoms with van der Waals surface area (Å²) in [4.78, 5) is 19.9. The van der Waals surface area contributed by atoms with Gasteiger partial charge in [0.1, 0.15) is 0 Å². The van der Waals surface area contributed by atoms with Gasteiger partial charge in [-0.1, -0.05) is 6.92 Å². The van der Waals surface area contributed by atoms with Crippen LogP contribution in [-0.2, 0) is 6.42 Å². The van der Waals surface area contributed by atoms with Crippen LogP contribution in [-0.4, -0.2) is 36.0 Å². The minimum Gasteiger partial charge on any atom is -0.502 e. The van der Waals surface area contributed by atoms with Gasteiger partial charge in [-0.2, -0.15) is 5.10 Å². The summed E-state index contributed by atoms with van der Waals surface area (Å²) >= 11 is 0. The van der Waals surface area contributed by atoms with Crippen LogP contribution in [0, 0.1) is 20.2 Å². The summed E-state index contributed by atoms with van der Waals surface area (Å²) < 4.78 is 1.15. The molecule has 126 valence electrons. The standard InChI is InChI=1S/C11H12N8O5/c1-2-9-14-16-11(17(9)12)15-13-5-6-3-7(18(21)22)4-8(10(6)20)19(23)24/h3-5,20H,2,12H2,1H3,(H,15,16)/b13-5-. The van der Waals surface area contributed by atoms with E-state index in [9.17, 15) is 25.3 Å². The van der Waals surface area contributed by atoms with Crippen molar-refractivity contribution < 1.29 is 15.0 Å². The van der Waals surface area contributed by atoms with E-state index in [-0.39, 0.29) is 11.5 Å². The number of nitrogens with zero attached hydrogens (tertiary/aromatic N) is 6. The quantitative estimate of drug-likeness (QED) is 0.292. The lowest BCUT2D eigenvalue weighted by Gasteiger charge is -2.02. The van der Waals surface area contributed by atoms with Gasteiger partial charge < -0.3 is 10.9 Å². The van der Waals surface area contributed by atoms with Crippen molar-refractivity contribution in [3.63, 3.8) is 0 Å². The summed E-state index contributed by atoms with van der Waals surface area (Å²) in [5.41, 5.74) is 0.840. The molecule has 0 aliphatic rings. The van der Waals surface area contributed by atoms with E-state index >= 15 is 0 Å². The number of nitro groups is 2. The largest absolute Gasteiger partial charge is 0.502 e. The second-order valence-electron chi connectivity index (χ2n) is 4.45. The third-order valence-corrected chi connectivity index (χ3v) is 2.96. The molecular weight excluding hydrogens is 324 g/mol. The second-order valence-corrected chi connectivity index (χ2v) is 4.45. The molecule has 1 heterocycles. The summed E-state index contributed by atoms with van der Waals surface area (Å²) in [7, 11) is 0. The van der Waals surface area contributed by atoms with E-state index in [1.54, 1.807) is 0 Å². The van der Waals surface area contributed by atoms with Crippen LogP contribution in [0.3, 0.4) is 0 Å². The molecule has 0 bridgehead atoms. The lowest BCUT2D eigenvalue weighted by atomic mass is 10.1. The number of aromatic nitrogens is 3. The maximum absolute atomic E-state index is 10.8. The number of nitrogens with one attached hydrogen (secondary N) is 1. The molecule has 0 amide bonds. The molecule has 0 aliphatic carbocycles. The van der Waals surface area contributed by atoms with Gasteiger partial charge in [0.15, 0.2) is 5.82 Å². The highest BCUT2D eigenvalue weighted by molar-refractivity contribution is 5.87. The molecule has 0 unspecified atom stereocenters. The molecule has 0 spiro atoms. The Balaban J connectivity index is 2.32. The predicted octanol–water partition coefficient (Wildman–Crippen LogP) is 0.522. The lowest BCUT2D eigenvalue weighted by Crippen LogP contribution is -2.14. The van der Waals surface area contributed by atoms with Crippen LogP contribution in [0.15, 0.2) is 17.2 Å². The van der Waals surface area contributed by atoms with Gasteiger partial charge in [0.25, 0.3) is 11.6 Å². The van der Waals surface area contributed by atoms with Gasteiger partial charge >= 0.3 is 5.69 Å². The number of nitrogens with two attached hydrogens (primary N) is 1. The minimum absolute atomic E-state index is 0.0857. The van der Waals surface area contributed by atoms with E-state index in [2.05, 4.69) is 20.7 Å². The monoisotopic (exact) mass is 336 g/mol. The zero-order valence-electron chi connectivity index (χ0n) is 12.3. The maximum atomic E-state index is 10.8. The zero-order valence-corrected chi connectivity index (χ0v) is 12.3. The van der Waals surface area contributed by atoms with Gasteiger partial charge in [0.05, 0.1) is 27.7 Å². The number of hydrogen-bond donors (Lipinski definition) is 3. The second kappa shape index (κ2) is 6.55. The molecule has 1 aromatic carbocycles. The highest BCUT2D eigenvalue weighted by atomic mass is 16.6. The van der Waals surface area contributed by atoms with Gasteiger partial charge in [-0.3, -0.25) is 20.2 Å². The number of hydrogen-bond acceptors (Lipinski definition) is 10. The van der Waals surface area contributed by atoms with Crippen molar-refractivity contribution in [2.45, 2.75) is 13.3 Å². The van der Waals surface area contributed by atoms with Crippen molar-refractivity contribution >= 4 is 23.5 Å². The highest BCUT2D eigenvalue weighted by Gasteiger charge is 2.23. The Morgan fingerprint density at radius 1 is 1.38 bits per heavy atom. The third kappa shape index (κ3) is 3.18. The fourth-order valence-corrected chi connectivity index (χ4v) is 1.77. The fraction of sp³-hybridized carbons (Fsp3) is 0.182. The lowest BCUT2D eigenvalue weighted by molar-refractivity contribution is -0.394. The SMILES string of the molecule is CCc1nnc(N/N=C\c2cc([N+](=O)[O-])cc([N+](=O)[O-])c2O)n1N. The minimum atomic E-state index is -0.933. The van der Waals surface area contributed by atoms with Crippen LogP contribution in [0.1, 0.15) is 18.3 Å². The van der Waals surface area contributed by atoms with Gasteiger partial charge in [-0.05, 0) is 0 Å². The fourth-order valence-electron chi connectivity index (χ4n) is 1.77. The molecule has 0 radical (unpaired) electrons. The maximum Gasteiger partial charge on any atom is 0.318 e. The number of anilines is 1. The smallest absolute Gasteiger partial charge is 0.318 e. The topological polar surface area (TPSA) is 188 Å². The molecule has 0 atom stereocenters. The molecule has 2 aromatic rings. The van der Waals surface area contributed by atoms with E-state index in [4.69, 9.17) is 5.84 Å². The molecule has 4 N–H and O–H groups in total. The Morgan fingerprint density at radius 2 is 2.08 bits per heavy atom. The van der Waals surface area contributed by atoms with Gasteiger partial charge in [0.2, 0.25) is 5.75 Å². The summed E-state index contributed by atoms with van der Waals surface area (Å²) in [6, 6.07) is 1.60. The molecule has 13 nitrogen and oxygen atoms in total. The van der Waals surface area contributed by atoms with Crippen molar-refractivity contribution in [1.82, 2.24) is 14.9 Å². The van der Waals surface area contributed by atoms with E-state index in [0.717, 1.165) is 17.0 Å². The summed E-state index contributed by atoms with van der Waals surface area (Å²) in [5, 5.41) is 42.7. The van der Waals surface area contributed by atoms with Gasteiger partial charge in [-0.15, -0.1) is 10.2 Å². The number of benzene rings is 1. The Hall–Kier alpha value is -3.77. The van der Waals surface area contributed by atoms with E-state index in [1.165, 1.54) is 0 Å². The average molecular weight is 336 g/mol. The van der Waals surface area contributed by atoms with Crippen LogP contribution in [0.5, 0.6) is 5.75 Å². The molecule has 2 rings (SSSR count). The average Bonchev–Trinajstić information content (AvgIpc) is 2.88. The van der Waals surface area contributed by atoms with E-state index < -0.39 is 27.0 Å². The number of non-ortho nitro benzene ring substituents is 1. The molecule has 24 heavy (non-hydrogen) atoms. The molecule has 0 fully saturated rings. The van der Waals surface area contributed by atoms with Gasteiger partial charge in [0, 0.05) is 12.5 Å². The molecule has 0 aliphatic heterocycles. The molecule has 0 saturated carbocycles. The number of phenols is 1. The Kier molecular flexibility index (Phi) is 4.53. The van der Waals surface area contributed by atoms with Crippen molar-refractivity contribution in [2.24, 2.45) is 5.10 Å². The van der Waals surface area contributed by atoms with Crippen LogP contribution >= 0.6 is 0 Å². The summed E-state index contributed by atoms with van der Waals surface area (Å²) in [6.45, 7) is 1.82. The first-order valence-electron chi connectivity index (χ1n) is 6.49. The van der Waals surface area contributed by atoms with Crippen molar-refractivity contribution in [2.75, 3.05) is 11.3 Å². The Morgan fingerprint density at radius 3 is 2.62 bits per heavy atom. The van der Waals surface area contributed by atoms with Crippen LogP contribution in [0.2, 0.25) is 0 Å². The van der Waals surface area contributed by atoms with Crippen molar-refractivity contribution in [1.29, 1.82) is 0 Å². The molecular formula is C11H12N8O5.